The van der Waals surface area contributed by atoms with Crippen molar-refractivity contribution in [3.63, 3.8) is 0 Å². The highest BCUT2D eigenvalue weighted by Gasteiger charge is 2.31. The predicted octanol–water partition coefficient (Wildman–Crippen LogP) is 5.88. The molecule has 1 amide bonds. The lowest BCUT2D eigenvalue weighted by atomic mass is 9.91. The van der Waals surface area contributed by atoms with E-state index in [1.807, 2.05) is 66.7 Å². The topological polar surface area (TPSA) is 55.4 Å². The molecule has 0 saturated heterocycles. The summed E-state index contributed by atoms with van der Waals surface area (Å²) in [6.45, 7) is 0. The van der Waals surface area contributed by atoms with Gasteiger partial charge in [-0.1, -0.05) is 91.0 Å². The van der Waals surface area contributed by atoms with Crippen molar-refractivity contribution in [2.24, 2.45) is 0 Å². The quantitative estimate of drug-likeness (QED) is 0.366. The Kier molecular flexibility index (Phi) is 6.90. The lowest BCUT2D eigenvalue weighted by Crippen LogP contribution is -2.28. The number of nitrogens with one attached hydrogen (secondary N) is 1. The van der Waals surface area contributed by atoms with E-state index in [1.54, 1.807) is 24.3 Å². The summed E-state index contributed by atoms with van der Waals surface area (Å²) in [6, 6.07) is 32.8. The van der Waals surface area contributed by atoms with Gasteiger partial charge in [0.05, 0.1) is 0 Å². The Morgan fingerprint density at radius 1 is 0.636 bits per heavy atom. The number of benzene rings is 4. The molecule has 0 bridgehead atoms. The number of ether oxygens (including phenoxy) is 1. The van der Waals surface area contributed by atoms with Crippen LogP contribution in [-0.4, -0.2) is 11.9 Å². The molecular formula is C28H22FNO3. The van der Waals surface area contributed by atoms with E-state index in [2.05, 4.69) is 5.32 Å². The van der Waals surface area contributed by atoms with Gasteiger partial charge in [-0.2, -0.15) is 0 Å². The van der Waals surface area contributed by atoms with Crippen molar-refractivity contribution in [3.05, 3.63) is 138 Å². The molecule has 5 heteroatoms. The van der Waals surface area contributed by atoms with Crippen LogP contribution < -0.4 is 5.32 Å². The number of anilines is 1. The van der Waals surface area contributed by atoms with Gasteiger partial charge in [0.25, 0.3) is 5.91 Å². The number of rotatable bonds is 7. The lowest BCUT2D eigenvalue weighted by Gasteiger charge is -2.22. The highest BCUT2D eigenvalue weighted by Crippen LogP contribution is 2.29. The Bertz CT molecular complexity index is 1160. The third kappa shape index (κ3) is 5.52. The third-order valence-electron chi connectivity index (χ3n) is 5.19. The van der Waals surface area contributed by atoms with Gasteiger partial charge >= 0.3 is 5.97 Å². The van der Waals surface area contributed by atoms with Crippen LogP contribution >= 0.6 is 0 Å². The molecule has 164 valence electrons. The molecule has 0 aromatic heterocycles. The van der Waals surface area contributed by atoms with Crippen molar-refractivity contribution >= 4 is 17.6 Å². The largest absolute Gasteiger partial charge is 0.447 e. The number of amides is 1. The second-order valence-corrected chi connectivity index (χ2v) is 7.48. The van der Waals surface area contributed by atoms with Crippen LogP contribution in [0.1, 0.15) is 28.7 Å². The minimum absolute atomic E-state index is 0.404. The molecule has 1 unspecified atom stereocenters. The molecule has 1 N–H and O–H groups in total. The second-order valence-electron chi connectivity index (χ2n) is 7.48. The van der Waals surface area contributed by atoms with Gasteiger partial charge in [0.2, 0.25) is 6.10 Å². The summed E-state index contributed by atoms with van der Waals surface area (Å²) in [5.74, 6) is -2.18. The zero-order chi connectivity index (χ0) is 23.0. The van der Waals surface area contributed by atoms with Gasteiger partial charge in [0.15, 0.2) is 0 Å². The molecule has 0 radical (unpaired) electrons. The fourth-order valence-electron chi connectivity index (χ4n) is 3.58. The molecule has 0 aliphatic carbocycles. The minimum atomic E-state index is -1.18. The molecule has 4 aromatic rings. The maximum atomic E-state index is 13.5. The summed E-state index contributed by atoms with van der Waals surface area (Å²) in [4.78, 5) is 26.6. The van der Waals surface area contributed by atoms with E-state index in [1.165, 1.54) is 24.3 Å². The number of carbonyl (C=O) groups excluding carboxylic acids is 2. The van der Waals surface area contributed by atoms with Gasteiger partial charge in [-0.15, -0.1) is 0 Å². The standard InChI is InChI=1S/C28H22FNO3/c29-23-16-18-24(19-17-23)30-27(31)26(22-14-8-3-9-15-22)33-28(32)25(20-10-4-1-5-11-20)21-12-6-2-7-13-21/h1-19,25-26H,(H,30,31). The zero-order valence-electron chi connectivity index (χ0n) is 17.7. The smallest absolute Gasteiger partial charge is 0.319 e. The third-order valence-corrected chi connectivity index (χ3v) is 5.19. The molecule has 0 aliphatic heterocycles. The molecule has 4 nitrogen and oxygen atoms in total. The number of carbonyl (C=O) groups is 2. The van der Waals surface area contributed by atoms with Crippen molar-refractivity contribution < 1.29 is 18.7 Å². The number of hydrogen-bond acceptors (Lipinski definition) is 3. The van der Waals surface area contributed by atoms with E-state index in [-0.39, 0.29) is 0 Å². The maximum Gasteiger partial charge on any atom is 0.319 e. The van der Waals surface area contributed by atoms with Crippen LogP contribution in [-0.2, 0) is 14.3 Å². The minimum Gasteiger partial charge on any atom is -0.447 e. The van der Waals surface area contributed by atoms with Gasteiger partial charge in [-0.05, 0) is 35.4 Å². The number of halogens is 1. The molecule has 0 spiro atoms. The van der Waals surface area contributed by atoms with Crippen LogP contribution in [0.3, 0.4) is 0 Å². The molecule has 33 heavy (non-hydrogen) atoms. The molecular weight excluding hydrogens is 417 g/mol. The molecule has 0 fully saturated rings. The van der Waals surface area contributed by atoms with E-state index >= 15 is 0 Å². The average molecular weight is 439 g/mol. The van der Waals surface area contributed by atoms with Gasteiger partial charge < -0.3 is 10.1 Å². The SMILES string of the molecule is O=C(Nc1ccc(F)cc1)C(OC(=O)C(c1ccccc1)c1ccccc1)c1ccccc1. The average Bonchev–Trinajstić information content (AvgIpc) is 2.86. The second kappa shape index (κ2) is 10.4. The normalized spacial score (nSPS) is 11.6. The molecule has 0 heterocycles. The van der Waals surface area contributed by atoms with Crippen molar-refractivity contribution in [3.8, 4) is 0 Å². The first-order valence-corrected chi connectivity index (χ1v) is 10.5. The maximum absolute atomic E-state index is 13.5. The first-order chi connectivity index (χ1) is 16.1. The Labute approximate surface area is 191 Å². The van der Waals surface area contributed by atoms with Gasteiger partial charge in [0.1, 0.15) is 11.7 Å². The van der Waals surface area contributed by atoms with Gasteiger partial charge in [0, 0.05) is 11.3 Å². The van der Waals surface area contributed by atoms with Crippen LogP contribution in [0, 0.1) is 5.82 Å². The fourth-order valence-corrected chi connectivity index (χ4v) is 3.58. The summed E-state index contributed by atoms with van der Waals surface area (Å²) in [5.41, 5.74) is 2.46. The van der Waals surface area contributed by atoms with Gasteiger partial charge in [-0.25, -0.2) is 4.39 Å². The number of hydrogen-bond donors (Lipinski definition) is 1. The van der Waals surface area contributed by atoms with Gasteiger partial charge in [-0.3, -0.25) is 9.59 Å². The summed E-state index contributed by atoms with van der Waals surface area (Å²) in [5, 5.41) is 2.71. The van der Waals surface area contributed by atoms with Crippen LogP contribution in [0.2, 0.25) is 0 Å². The summed E-state index contributed by atoms with van der Waals surface area (Å²) in [7, 11) is 0. The lowest BCUT2D eigenvalue weighted by molar-refractivity contribution is -0.155. The molecule has 0 aliphatic rings. The van der Waals surface area contributed by atoms with Crippen molar-refractivity contribution in [1.82, 2.24) is 0 Å². The Balaban J connectivity index is 1.64. The predicted molar refractivity (Wildman–Crippen MR) is 125 cm³/mol. The molecule has 1 atom stereocenters. The van der Waals surface area contributed by atoms with E-state index in [9.17, 15) is 14.0 Å². The Morgan fingerprint density at radius 2 is 1.09 bits per heavy atom. The van der Waals surface area contributed by atoms with Crippen molar-refractivity contribution in [2.45, 2.75) is 12.0 Å². The fraction of sp³-hybridized carbons (Fsp3) is 0.0714. The summed E-state index contributed by atoms with van der Waals surface area (Å²) < 4.78 is 19.1. The first kappa shape index (κ1) is 22.0. The monoisotopic (exact) mass is 439 g/mol. The van der Waals surface area contributed by atoms with Crippen LogP contribution in [0.25, 0.3) is 0 Å². The van der Waals surface area contributed by atoms with E-state index in [0.717, 1.165) is 11.1 Å². The zero-order valence-corrected chi connectivity index (χ0v) is 17.7. The molecule has 0 saturated carbocycles. The summed E-state index contributed by atoms with van der Waals surface area (Å²) >= 11 is 0. The first-order valence-electron chi connectivity index (χ1n) is 10.5. The van der Waals surface area contributed by atoms with Crippen molar-refractivity contribution in [1.29, 1.82) is 0 Å². The van der Waals surface area contributed by atoms with Crippen LogP contribution in [0.5, 0.6) is 0 Å². The van der Waals surface area contributed by atoms with Crippen molar-refractivity contribution in [2.75, 3.05) is 5.32 Å². The van der Waals surface area contributed by atoms with Crippen LogP contribution in [0.15, 0.2) is 115 Å². The Morgan fingerprint density at radius 3 is 1.58 bits per heavy atom. The molecule has 4 aromatic carbocycles. The number of esters is 1. The summed E-state index contributed by atoms with van der Waals surface area (Å²) in [6.07, 6.45) is -1.18. The van der Waals surface area contributed by atoms with E-state index in [4.69, 9.17) is 4.74 Å². The van der Waals surface area contributed by atoms with E-state index < -0.39 is 29.7 Å². The highest BCUT2D eigenvalue weighted by molar-refractivity contribution is 5.96. The molecule has 4 rings (SSSR count). The van der Waals surface area contributed by atoms with E-state index in [0.29, 0.717) is 11.3 Å². The Hall–Kier alpha value is -4.25. The highest BCUT2D eigenvalue weighted by atomic mass is 19.1. The van der Waals surface area contributed by atoms with Crippen LogP contribution in [0.4, 0.5) is 10.1 Å².